The molecule has 1 aliphatic rings. The van der Waals surface area contributed by atoms with Gasteiger partial charge < -0.3 is 4.90 Å². The molecule has 5 heteroatoms. The van der Waals surface area contributed by atoms with E-state index in [4.69, 9.17) is 0 Å². The smallest absolute Gasteiger partial charge is 0.257 e. The van der Waals surface area contributed by atoms with Crippen molar-refractivity contribution in [3.05, 3.63) is 36.2 Å². The molecule has 3 heterocycles. The topological polar surface area (TPSA) is 54.7 Å². The molecule has 0 N–H and O–H groups in total. The third-order valence-electron chi connectivity index (χ3n) is 3.82. The normalized spacial score (nSPS) is 18.6. The van der Waals surface area contributed by atoms with Gasteiger partial charge in [-0.25, -0.2) is 4.52 Å². The number of Topliss-reactive ketones (excluding diaryl/α,β-unsaturated/α-hetero) is 1. The van der Waals surface area contributed by atoms with E-state index in [1.54, 1.807) is 17.6 Å². The van der Waals surface area contributed by atoms with Crippen molar-refractivity contribution >= 4 is 17.2 Å². The molecule has 2 aromatic heterocycles. The molecule has 0 aromatic carbocycles. The van der Waals surface area contributed by atoms with Gasteiger partial charge in [0, 0.05) is 25.2 Å². The lowest BCUT2D eigenvalue weighted by molar-refractivity contribution is -0.117. The summed E-state index contributed by atoms with van der Waals surface area (Å²) >= 11 is 0. The van der Waals surface area contributed by atoms with Crippen molar-refractivity contribution in [1.82, 2.24) is 14.5 Å². The lowest BCUT2D eigenvalue weighted by Gasteiger charge is -2.23. The first kappa shape index (κ1) is 12.8. The summed E-state index contributed by atoms with van der Waals surface area (Å²) in [6.45, 7) is 2.30. The van der Waals surface area contributed by atoms with Crippen LogP contribution in [0.5, 0.6) is 0 Å². The number of nitrogens with zero attached hydrogens (tertiary/aromatic N) is 3. The zero-order valence-electron chi connectivity index (χ0n) is 11.5. The minimum absolute atomic E-state index is 0.0186. The number of rotatable bonds is 3. The Balaban J connectivity index is 1.90. The molecular weight excluding hydrogens is 254 g/mol. The van der Waals surface area contributed by atoms with Gasteiger partial charge in [-0.15, -0.1) is 0 Å². The molecule has 1 aliphatic heterocycles. The highest BCUT2D eigenvalue weighted by Gasteiger charge is 2.31. The van der Waals surface area contributed by atoms with E-state index in [1.165, 1.54) is 0 Å². The van der Waals surface area contributed by atoms with E-state index in [-0.39, 0.29) is 17.7 Å². The lowest BCUT2D eigenvalue weighted by atomic mass is 10.1. The van der Waals surface area contributed by atoms with Crippen molar-refractivity contribution in [3.8, 4) is 0 Å². The average Bonchev–Trinajstić information content (AvgIpc) is 3.03. The summed E-state index contributed by atoms with van der Waals surface area (Å²) in [5, 5.41) is 4.20. The summed E-state index contributed by atoms with van der Waals surface area (Å²) in [5.41, 5.74) is 1.42. The first-order valence-corrected chi connectivity index (χ1v) is 6.89. The first-order valence-electron chi connectivity index (χ1n) is 6.89. The second-order valence-corrected chi connectivity index (χ2v) is 5.29. The third kappa shape index (κ3) is 2.19. The monoisotopic (exact) mass is 271 g/mol. The van der Waals surface area contributed by atoms with E-state index in [9.17, 15) is 9.59 Å². The van der Waals surface area contributed by atoms with Gasteiger partial charge in [0.15, 0.2) is 0 Å². The molecular formula is C15H17N3O2. The summed E-state index contributed by atoms with van der Waals surface area (Å²) in [7, 11) is 0. The number of carbonyl (C=O) groups excluding carboxylic acids is 2. The lowest BCUT2D eigenvalue weighted by Crippen LogP contribution is -2.36. The molecule has 3 rings (SSSR count). The Morgan fingerprint density at radius 1 is 1.40 bits per heavy atom. The van der Waals surface area contributed by atoms with Crippen LogP contribution < -0.4 is 0 Å². The number of hydrogen-bond acceptors (Lipinski definition) is 3. The van der Waals surface area contributed by atoms with Crippen molar-refractivity contribution in [3.63, 3.8) is 0 Å². The zero-order valence-corrected chi connectivity index (χ0v) is 11.5. The summed E-state index contributed by atoms with van der Waals surface area (Å²) in [6.07, 6.45) is 5.75. The largest absolute Gasteiger partial charge is 0.335 e. The van der Waals surface area contributed by atoms with E-state index < -0.39 is 0 Å². The number of fused-ring (bicyclic) bond motifs is 1. The van der Waals surface area contributed by atoms with Crippen molar-refractivity contribution in [2.45, 2.75) is 32.2 Å². The number of ketones is 1. The highest BCUT2D eigenvalue weighted by atomic mass is 16.2. The SMILES string of the molecule is CC(=O)CC1CCCN1C(=O)c1cnn2ccccc12. The Morgan fingerprint density at radius 3 is 3.05 bits per heavy atom. The highest BCUT2D eigenvalue weighted by molar-refractivity contribution is 6.01. The van der Waals surface area contributed by atoms with Crippen LogP contribution in [0.1, 0.15) is 36.5 Å². The molecule has 0 bridgehead atoms. The van der Waals surface area contributed by atoms with Crippen molar-refractivity contribution < 1.29 is 9.59 Å². The minimum atomic E-state index is -0.0186. The van der Waals surface area contributed by atoms with Gasteiger partial charge in [0.2, 0.25) is 0 Å². The van der Waals surface area contributed by atoms with Crippen LogP contribution in [0.15, 0.2) is 30.6 Å². The molecule has 104 valence electrons. The van der Waals surface area contributed by atoms with Crippen LogP contribution in [0.2, 0.25) is 0 Å². The van der Waals surface area contributed by atoms with Crippen LogP contribution in [-0.2, 0) is 4.79 Å². The summed E-state index contributed by atoms with van der Waals surface area (Å²) in [5.74, 6) is 0.115. The van der Waals surface area contributed by atoms with Crippen LogP contribution in [-0.4, -0.2) is 38.8 Å². The number of hydrogen-bond donors (Lipinski definition) is 0. The number of aromatic nitrogens is 2. The molecule has 0 radical (unpaired) electrons. The van der Waals surface area contributed by atoms with Crippen LogP contribution >= 0.6 is 0 Å². The van der Waals surface area contributed by atoms with E-state index in [0.29, 0.717) is 12.0 Å². The predicted octanol–water partition coefficient (Wildman–Crippen LogP) is 1.92. The maximum absolute atomic E-state index is 12.7. The van der Waals surface area contributed by atoms with Crippen LogP contribution in [0.25, 0.3) is 5.52 Å². The Morgan fingerprint density at radius 2 is 2.25 bits per heavy atom. The van der Waals surface area contributed by atoms with E-state index in [2.05, 4.69) is 5.10 Å². The molecule has 20 heavy (non-hydrogen) atoms. The van der Waals surface area contributed by atoms with Gasteiger partial charge in [-0.1, -0.05) is 6.07 Å². The molecule has 1 saturated heterocycles. The Bertz CT molecular complexity index is 662. The summed E-state index contributed by atoms with van der Waals surface area (Å²) < 4.78 is 1.70. The quantitative estimate of drug-likeness (QED) is 0.857. The van der Waals surface area contributed by atoms with Gasteiger partial charge >= 0.3 is 0 Å². The average molecular weight is 271 g/mol. The second kappa shape index (κ2) is 5.07. The highest BCUT2D eigenvalue weighted by Crippen LogP contribution is 2.24. The van der Waals surface area contributed by atoms with Gasteiger partial charge in [0.1, 0.15) is 5.78 Å². The standard InChI is InChI=1S/C15H17N3O2/c1-11(19)9-12-5-4-7-17(12)15(20)13-10-16-18-8-3-2-6-14(13)18/h2-3,6,8,10,12H,4-5,7,9H2,1H3. The molecule has 0 spiro atoms. The predicted molar refractivity (Wildman–Crippen MR) is 74.5 cm³/mol. The van der Waals surface area contributed by atoms with Crippen LogP contribution in [0.3, 0.4) is 0 Å². The fraction of sp³-hybridized carbons (Fsp3) is 0.400. The van der Waals surface area contributed by atoms with Gasteiger partial charge in [-0.2, -0.15) is 5.10 Å². The van der Waals surface area contributed by atoms with Gasteiger partial charge in [-0.3, -0.25) is 9.59 Å². The molecule has 1 atom stereocenters. The summed E-state index contributed by atoms with van der Waals surface area (Å²) in [6, 6.07) is 5.70. The van der Waals surface area contributed by atoms with E-state index >= 15 is 0 Å². The molecule has 0 aliphatic carbocycles. The number of pyridine rings is 1. The maximum Gasteiger partial charge on any atom is 0.257 e. The third-order valence-corrected chi connectivity index (χ3v) is 3.82. The second-order valence-electron chi connectivity index (χ2n) is 5.29. The van der Waals surface area contributed by atoms with Gasteiger partial charge in [0.25, 0.3) is 5.91 Å². The Hall–Kier alpha value is -2.17. The van der Waals surface area contributed by atoms with Gasteiger partial charge in [0.05, 0.1) is 17.3 Å². The fourth-order valence-electron chi connectivity index (χ4n) is 2.90. The Labute approximate surface area is 117 Å². The van der Waals surface area contributed by atoms with Gasteiger partial charge in [-0.05, 0) is 31.9 Å². The van der Waals surface area contributed by atoms with Crippen molar-refractivity contribution in [2.75, 3.05) is 6.54 Å². The fourth-order valence-corrected chi connectivity index (χ4v) is 2.90. The number of likely N-dealkylation sites (tertiary alicyclic amines) is 1. The maximum atomic E-state index is 12.7. The summed E-state index contributed by atoms with van der Waals surface area (Å²) in [4.78, 5) is 25.8. The molecule has 1 fully saturated rings. The van der Waals surface area contributed by atoms with Crippen LogP contribution in [0, 0.1) is 0 Å². The van der Waals surface area contributed by atoms with Crippen molar-refractivity contribution in [2.24, 2.45) is 0 Å². The Kier molecular flexibility index (Phi) is 3.26. The first-order chi connectivity index (χ1) is 9.66. The van der Waals surface area contributed by atoms with E-state index in [0.717, 1.165) is 24.9 Å². The van der Waals surface area contributed by atoms with Crippen LogP contribution in [0.4, 0.5) is 0 Å². The molecule has 0 saturated carbocycles. The number of carbonyl (C=O) groups is 2. The van der Waals surface area contributed by atoms with E-state index in [1.807, 2.05) is 29.3 Å². The van der Waals surface area contributed by atoms with Crippen molar-refractivity contribution in [1.29, 1.82) is 0 Å². The molecule has 1 unspecified atom stereocenters. The zero-order chi connectivity index (χ0) is 14.1. The molecule has 2 aromatic rings. The molecule has 1 amide bonds. The number of amides is 1. The minimum Gasteiger partial charge on any atom is -0.335 e. The molecule has 5 nitrogen and oxygen atoms in total.